The molecule has 12 heavy (non-hydrogen) atoms. The molecule has 6 N–H and O–H groups in total. The van der Waals surface area contributed by atoms with Crippen LogP contribution < -0.4 is 22.1 Å². The van der Waals surface area contributed by atoms with Crippen LogP contribution in [0.25, 0.3) is 0 Å². The number of nitrogens with two attached hydrogens (primary N) is 2. The zero-order valence-corrected chi connectivity index (χ0v) is 8.14. The average Bonchev–Trinajstić information content (AvgIpc) is 1.95. The first-order valence-electron chi connectivity index (χ1n) is 4.55. The standard InChI is InChI=1S/C8H22N4/c1-7(9)5-11-3-4-12-6-8(2)10/h7-8,11-12H,3-6,9-10H2,1-2H3/t7-,8+. The van der Waals surface area contributed by atoms with Crippen LogP contribution in [0.4, 0.5) is 0 Å². The minimum atomic E-state index is 0.235. The van der Waals surface area contributed by atoms with Crippen molar-refractivity contribution in [1.29, 1.82) is 0 Å². The van der Waals surface area contributed by atoms with Gasteiger partial charge in [-0.15, -0.1) is 0 Å². The Bertz CT molecular complexity index is 81.1. The maximum absolute atomic E-state index is 5.55. The first-order chi connectivity index (χ1) is 5.63. The van der Waals surface area contributed by atoms with E-state index in [1.54, 1.807) is 0 Å². The number of rotatable bonds is 7. The molecule has 0 saturated carbocycles. The third kappa shape index (κ3) is 9.84. The molecule has 4 heteroatoms. The number of hydrogen-bond acceptors (Lipinski definition) is 4. The van der Waals surface area contributed by atoms with Crippen LogP contribution in [0.3, 0.4) is 0 Å². The van der Waals surface area contributed by atoms with Crippen LogP contribution in [0.15, 0.2) is 0 Å². The van der Waals surface area contributed by atoms with Crippen LogP contribution in [0, 0.1) is 0 Å². The molecule has 0 aromatic rings. The lowest BCUT2D eigenvalue weighted by atomic mass is 10.3. The molecule has 0 aromatic heterocycles. The molecule has 2 atom stereocenters. The van der Waals surface area contributed by atoms with Gasteiger partial charge in [0.2, 0.25) is 0 Å². The summed E-state index contributed by atoms with van der Waals surface area (Å²) < 4.78 is 0. The van der Waals surface area contributed by atoms with E-state index < -0.39 is 0 Å². The molecular formula is C8H22N4. The van der Waals surface area contributed by atoms with E-state index in [1.165, 1.54) is 0 Å². The summed E-state index contributed by atoms with van der Waals surface area (Å²) in [5.41, 5.74) is 11.1. The minimum absolute atomic E-state index is 0.235. The van der Waals surface area contributed by atoms with Crippen LogP contribution in [0.2, 0.25) is 0 Å². The first kappa shape index (κ1) is 11.8. The highest BCUT2D eigenvalue weighted by Crippen LogP contribution is 1.70. The van der Waals surface area contributed by atoms with Crippen molar-refractivity contribution >= 4 is 0 Å². The van der Waals surface area contributed by atoms with Crippen molar-refractivity contribution in [2.75, 3.05) is 26.2 Å². The maximum Gasteiger partial charge on any atom is 0.0136 e. The highest BCUT2D eigenvalue weighted by Gasteiger charge is 1.93. The van der Waals surface area contributed by atoms with Gasteiger partial charge in [0.05, 0.1) is 0 Å². The van der Waals surface area contributed by atoms with Crippen molar-refractivity contribution in [3.8, 4) is 0 Å². The Hall–Kier alpha value is -0.160. The second kappa shape index (κ2) is 7.49. The molecule has 0 aliphatic rings. The Labute approximate surface area is 75.1 Å². The van der Waals surface area contributed by atoms with Gasteiger partial charge in [0, 0.05) is 38.3 Å². The molecule has 0 radical (unpaired) electrons. The summed E-state index contributed by atoms with van der Waals surface area (Å²) in [4.78, 5) is 0. The second-order valence-corrected chi connectivity index (χ2v) is 3.36. The largest absolute Gasteiger partial charge is 0.327 e. The third-order valence-corrected chi connectivity index (χ3v) is 1.41. The number of hydrogen-bond donors (Lipinski definition) is 4. The van der Waals surface area contributed by atoms with Crippen LogP contribution in [-0.2, 0) is 0 Å². The van der Waals surface area contributed by atoms with Crippen molar-refractivity contribution in [3.05, 3.63) is 0 Å². The quantitative estimate of drug-likeness (QED) is 0.368. The van der Waals surface area contributed by atoms with Crippen molar-refractivity contribution in [2.45, 2.75) is 25.9 Å². The van der Waals surface area contributed by atoms with Crippen molar-refractivity contribution in [1.82, 2.24) is 10.6 Å². The number of nitrogens with one attached hydrogen (secondary N) is 2. The lowest BCUT2D eigenvalue weighted by Gasteiger charge is -2.09. The molecule has 0 aliphatic carbocycles. The molecular weight excluding hydrogens is 152 g/mol. The van der Waals surface area contributed by atoms with E-state index in [9.17, 15) is 0 Å². The summed E-state index contributed by atoms with van der Waals surface area (Å²) in [6.45, 7) is 7.63. The zero-order chi connectivity index (χ0) is 9.40. The van der Waals surface area contributed by atoms with Crippen LogP contribution >= 0.6 is 0 Å². The first-order valence-corrected chi connectivity index (χ1v) is 4.55. The topological polar surface area (TPSA) is 76.1 Å². The predicted octanol–water partition coefficient (Wildman–Crippen LogP) is -1.14. The average molecular weight is 174 g/mol. The van der Waals surface area contributed by atoms with Gasteiger partial charge in [0.25, 0.3) is 0 Å². The van der Waals surface area contributed by atoms with Gasteiger partial charge in [-0.2, -0.15) is 0 Å². The highest BCUT2D eigenvalue weighted by molar-refractivity contribution is 4.61. The van der Waals surface area contributed by atoms with Gasteiger partial charge in [-0.25, -0.2) is 0 Å². The fourth-order valence-corrected chi connectivity index (χ4v) is 0.836. The third-order valence-electron chi connectivity index (χ3n) is 1.41. The summed E-state index contributed by atoms with van der Waals surface area (Å²) in [5.74, 6) is 0. The Kier molecular flexibility index (Phi) is 7.39. The van der Waals surface area contributed by atoms with Gasteiger partial charge in [-0.05, 0) is 13.8 Å². The molecule has 0 unspecified atom stereocenters. The molecule has 0 aromatic carbocycles. The van der Waals surface area contributed by atoms with E-state index in [2.05, 4.69) is 10.6 Å². The summed E-state index contributed by atoms with van der Waals surface area (Å²) in [6.07, 6.45) is 0. The molecule has 0 rings (SSSR count). The predicted molar refractivity (Wildman–Crippen MR) is 53.0 cm³/mol. The highest BCUT2D eigenvalue weighted by atomic mass is 15.0. The van der Waals surface area contributed by atoms with Gasteiger partial charge in [0.1, 0.15) is 0 Å². The Morgan fingerprint density at radius 1 is 0.917 bits per heavy atom. The van der Waals surface area contributed by atoms with E-state index in [4.69, 9.17) is 11.5 Å². The molecule has 0 aliphatic heterocycles. The SMILES string of the molecule is C[C@H](N)CNCCNC[C@@H](C)N. The van der Waals surface area contributed by atoms with Crippen LogP contribution in [-0.4, -0.2) is 38.3 Å². The maximum atomic E-state index is 5.55. The van der Waals surface area contributed by atoms with Crippen molar-refractivity contribution in [3.63, 3.8) is 0 Å². The van der Waals surface area contributed by atoms with E-state index in [0.29, 0.717) is 0 Å². The molecule has 0 fully saturated rings. The molecule has 0 amide bonds. The van der Waals surface area contributed by atoms with Gasteiger partial charge in [0.15, 0.2) is 0 Å². The molecule has 0 heterocycles. The van der Waals surface area contributed by atoms with E-state index >= 15 is 0 Å². The van der Waals surface area contributed by atoms with E-state index in [-0.39, 0.29) is 12.1 Å². The lowest BCUT2D eigenvalue weighted by Crippen LogP contribution is -2.38. The Morgan fingerprint density at radius 3 is 1.50 bits per heavy atom. The fraction of sp³-hybridized carbons (Fsp3) is 1.00. The van der Waals surface area contributed by atoms with E-state index in [0.717, 1.165) is 26.2 Å². The summed E-state index contributed by atoms with van der Waals surface area (Å²) in [5, 5.41) is 6.46. The summed E-state index contributed by atoms with van der Waals surface area (Å²) in [6, 6.07) is 0.469. The Morgan fingerprint density at radius 2 is 1.25 bits per heavy atom. The summed E-state index contributed by atoms with van der Waals surface area (Å²) >= 11 is 0. The van der Waals surface area contributed by atoms with Gasteiger partial charge in [-0.3, -0.25) is 0 Å². The lowest BCUT2D eigenvalue weighted by molar-refractivity contribution is 0.555. The van der Waals surface area contributed by atoms with Crippen molar-refractivity contribution in [2.24, 2.45) is 11.5 Å². The fourth-order valence-electron chi connectivity index (χ4n) is 0.836. The monoisotopic (exact) mass is 174 g/mol. The van der Waals surface area contributed by atoms with Crippen LogP contribution in [0.1, 0.15) is 13.8 Å². The molecule has 0 bridgehead atoms. The molecule has 0 saturated heterocycles. The van der Waals surface area contributed by atoms with Crippen LogP contribution in [0.5, 0.6) is 0 Å². The minimum Gasteiger partial charge on any atom is -0.327 e. The van der Waals surface area contributed by atoms with Crippen molar-refractivity contribution < 1.29 is 0 Å². The van der Waals surface area contributed by atoms with Gasteiger partial charge >= 0.3 is 0 Å². The Balaban J connectivity index is 2.91. The molecule has 74 valence electrons. The summed E-state index contributed by atoms with van der Waals surface area (Å²) in [7, 11) is 0. The van der Waals surface area contributed by atoms with Gasteiger partial charge < -0.3 is 22.1 Å². The normalized spacial score (nSPS) is 16.0. The smallest absolute Gasteiger partial charge is 0.0136 e. The zero-order valence-electron chi connectivity index (χ0n) is 8.14. The van der Waals surface area contributed by atoms with Gasteiger partial charge in [-0.1, -0.05) is 0 Å². The molecule has 0 spiro atoms. The van der Waals surface area contributed by atoms with E-state index in [1.807, 2.05) is 13.8 Å². The second-order valence-electron chi connectivity index (χ2n) is 3.36. The molecule has 4 nitrogen and oxygen atoms in total.